The van der Waals surface area contributed by atoms with Crippen LogP contribution in [0.25, 0.3) is 0 Å². The summed E-state index contributed by atoms with van der Waals surface area (Å²) in [6.07, 6.45) is 9.53. The number of phenolic OH excluding ortho intramolecular Hbond substituents is 2. The van der Waals surface area contributed by atoms with Gasteiger partial charge in [0.25, 0.3) is 0 Å². The number of aryl methyl sites for hydroxylation is 1. The SMILES string of the molecule is CC(=CC(=O)CC(C)=CCc1cc(O)cc(C)c1O)CCC[C@H](C)C(=O)C=CC(C)(C)O. The van der Waals surface area contributed by atoms with Gasteiger partial charge in [0.15, 0.2) is 11.6 Å². The van der Waals surface area contributed by atoms with Crippen molar-refractivity contribution >= 4 is 11.6 Å². The van der Waals surface area contributed by atoms with E-state index in [-0.39, 0.29) is 29.0 Å². The molecule has 5 heteroatoms. The van der Waals surface area contributed by atoms with E-state index >= 15 is 0 Å². The molecule has 0 radical (unpaired) electrons. The Morgan fingerprint density at radius 2 is 1.78 bits per heavy atom. The third kappa shape index (κ3) is 10.6. The predicted molar refractivity (Wildman–Crippen MR) is 129 cm³/mol. The Morgan fingerprint density at radius 3 is 2.41 bits per heavy atom. The minimum atomic E-state index is -0.996. The van der Waals surface area contributed by atoms with Crippen LogP contribution in [0.15, 0.2) is 47.6 Å². The van der Waals surface area contributed by atoms with Crippen LogP contribution in [0, 0.1) is 12.8 Å². The summed E-state index contributed by atoms with van der Waals surface area (Å²) in [7, 11) is 0. The molecule has 0 spiro atoms. The maximum absolute atomic E-state index is 12.3. The maximum atomic E-state index is 12.3. The lowest BCUT2D eigenvalue weighted by Crippen LogP contribution is -2.16. The normalized spacial score (nSPS) is 14.1. The van der Waals surface area contributed by atoms with Gasteiger partial charge in [-0.1, -0.05) is 30.2 Å². The van der Waals surface area contributed by atoms with Gasteiger partial charge in [-0.25, -0.2) is 0 Å². The summed E-state index contributed by atoms with van der Waals surface area (Å²) in [5.41, 5.74) is 2.13. The molecule has 0 saturated carbocycles. The van der Waals surface area contributed by atoms with Gasteiger partial charge in [-0.15, -0.1) is 0 Å². The molecule has 0 aliphatic carbocycles. The van der Waals surface area contributed by atoms with Crippen LogP contribution >= 0.6 is 0 Å². The number of aliphatic hydroxyl groups is 1. The molecule has 0 amide bonds. The summed E-state index contributed by atoms with van der Waals surface area (Å²) >= 11 is 0. The number of phenols is 2. The zero-order chi connectivity index (χ0) is 24.5. The van der Waals surface area contributed by atoms with Crippen molar-refractivity contribution in [2.45, 2.75) is 79.2 Å². The molecule has 0 aliphatic rings. The molecule has 1 aromatic rings. The molecule has 1 atom stereocenters. The third-order valence-corrected chi connectivity index (χ3v) is 5.24. The summed E-state index contributed by atoms with van der Waals surface area (Å²) in [5.74, 6) is 0.167. The van der Waals surface area contributed by atoms with Gasteiger partial charge in [0, 0.05) is 17.9 Å². The Kier molecular flexibility index (Phi) is 10.6. The molecular formula is C27H38O5. The van der Waals surface area contributed by atoms with Crippen molar-refractivity contribution in [3.8, 4) is 11.5 Å². The fourth-order valence-corrected chi connectivity index (χ4v) is 3.30. The summed E-state index contributed by atoms with van der Waals surface area (Å²) in [4.78, 5) is 24.4. The zero-order valence-corrected chi connectivity index (χ0v) is 20.2. The second-order valence-electron chi connectivity index (χ2n) is 9.34. The maximum Gasteiger partial charge on any atom is 0.159 e. The van der Waals surface area contributed by atoms with Crippen molar-refractivity contribution in [2.75, 3.05) is 0 Å². The molecule has 0 fully saturated rings. The summed E-state index contributed by atoms with van der Waals surface area (Å²) < 4.78 is 0. The van der Waals surface area contributed by atoms with Gasteiger partial charge in [0.1, 0.15) is 11.5 Å². The number of carbonyl (C=O) groups excluding carboxylic acids is 2. The number of benzene rings is 1. The van der Waals surface area contributed by atoms with Crippen LogP contribution in [-0.2, 0) is 16.0 Å². The smallest absolute Gasteiger partial charge is 0.159 e. The van der Waals surface area contributed by atoms with E-state index < -0.39 is 5.60 Å². The first-order valence-corrected chi connectivity index (χ1v) is 11.1. The average molecular weight is 443 g/mol. The second kappa shape index (κ2) is 12.4. The Hall–Kier alpha value is -2.66. The monoisotopic (exact) mass is 442 g/mol. The Morgan fingerprint density at radius 1 is 1.12 bits per heavy atom. The first kappa shape index (κ1) is 27.4. The molecule has 0 bridgehead atoms. The van der Waals surface area contributed by atoms with Crippen molar-refractivity contribution in [1.82, 2.24) is 0 Å². The van der Waals surface area contributed by atoms with E-state index in [1.807, 2.05) is 26.8 Å². The van der Waals surface area contributed by atoms with E-state index in [1.165, 1.54) is 24.3 Å². The number of ketones is 2. The molecule has 5 nitrogen and oxygen atoms in total. The van der Waals surface area contributed by atoms with Gasteiger partial charge in [-0.3, -0.25) is 9.59 Å². The van der Waals surface area contributed by atoms with Crippen molar-refractivity contribution in [2.24, 2.45) is 5.92 Å². The third-order valence-electron chi connectivity index (χ3n) is 5.24. The Labute approximate surface area is 192 Å². The van der Waals surface area contributed by atoms with Crippen LogP contribution in [-0.4, -0.2) is 32.5 Å². The zero-order valence-electron chi connectivity index (χ0n) is 20.2. The number of rotatable bonds is 12. The molecule has 0 aromatic heterocycles. The van der Waals surface area contributed by atoms with Crippen molar-refractivity contribution < 1.29 is 24.9 Å². The lowest BCUT2D eigenvalue weighted by Gasteiger charge is -2.12. The van der Waals surface area contributed by atoms with E-state index in [4.69, 9.17) is 0 Å². The summed E-state index contributed by atoms with van der Waals surface area (Å²) in [6, 6.07) is 3.04. The fraction of sp³-hybridized carbons (Fsp3) is 0.481. The quantitative estimate of drug-likeness (QED) is 0.226. The van der Waals surface area contributed by atoms with Crippen LogP contribution < -0.4 is 0 Å². The van der Waals surface area contributed by atoms with Crippen molar-refractivity contribution in [3.63, 3.8) is 0 Å². The number of aromatic hydroxyl groups is 2. The lowest BCUT2D eigenvalue weighted by molar-refractivity contribution is -0.118. The molecule has 1 rings (SSSR count). The number of hydrogen-bond donors (Lipinski definition) is 3. The summed E-state index contributed by atoms with van der Waals surface area (Å²) in [6.45, 7) is 10.7. The van der Waals surface area contributed by atoms with Crippen LogP contribution in [0.1, 0.15) is 71.4 Å². The molecule has 3 N–H and O–H groups in total. The minimum Gasteiger partial charge on any atom is -0.508 e. The highest BCUT2D eigenvalue weighted by Gasteiger charge is 2.13. The molecular weight excluding hydrogens is 404 g/mol. The van der Waals surface area contributed by atoms with E-state index in [2.05, 4.69) is 0 Å². The van der Waals surface area contributed by atoms with Crippen LogP contribution in [0.4, 0.5) is 0 Å². The standard InChI is InChI=1S/C27H38O5/c1-18(8-7-9-20(3)25(30)12-13-27(5,6)32)14-23(28)15-19(2)10-11-22-17-24(29)16-21(4)26(22)31/h10,12-14,16-17,20,29,31-32H,7-9,11,15H2,1-6H3/t20-/m0/s1. The molecule has 176 valence electrons. The minimum absolute atomic E-state index is 0.00133. The molecule has 0 saturated heterocycles. The molecule has 1 aromatic carbocycles. The predicted octanol–water partition coefficient (Wildman–Crippen LogP) is 5.50. The van der Waals surface area contributed by atoms with E-state index in [9.17, 15) is 24.9 Å². The number of allylic oxidation sites excluding steroid dienone is 5. The lowest BCUT2D eigenvalue weighted by atomic mass is 9.96. The van der Waals surface area contributed by atoms with Crippen molar-refractivity contribution in [3.05, 3.63) is 58.7 Å². The average Bonchev–Trinajstić information content (AvgIpc) is 2.66. The first-order chi connectivity index (χ1) is 14.8. The van der Waals surface area contributed by atoms with E-state index in [1.54, 1.807) is 26.8 Å². The summed E-state index contributed by atoms with van der Waals surface area (Å²) in [5, 5.41) is 29.5. The van der Waals surface area contributed by atoms with Gasteiger partial charge >= 0.3 is 0 Å². The molecule has 0 unspecified atom stereocenters. The largest absolute Gasteiger partial charge is 0.508 e. The highest BCUT2D eigenvalue weighted by molar-refractivity contribution is 5.92. The van der Waals surface area contributed by atoms with E-state index in [0.717, 1.165) is 30.4 Å². The molecule has 0 heterocycles. The number of hydrogen-bond acceptors (Lipinski definition) is 5. The highest BCUT2D eigenvalue weighted by Crippen LogP contribution is 2.28. The molecule has 32 heavy (non-hydrogen) atoms. The van der Waals surface area contributed by atoms with Gasteiger partial charge in [0.05, 0.1) is 5.60 Å². The van der Waals surface area contributed by atoms with Gasteiger partial charge < -0.3 is 15.3 Å². The van der Waals surface area contributed by atoms with E-state index in [0.29, 0.717) is 24.0 Å². The number of carbonyl (C=O) groups is 2. The fourth-order valence-electron chi connectivity index (χ4n) is 3.30. The van der Waals surface area contributed by atoms with Gasteiger partial charge in [-0.2, -0.15) is 0 Å². The topological polar surface area (TPSA) is 94.8 Å². The van der Waals surface area contributed by atoms with Crippen molar-refractivity contribution in [1.29, 1.82) is 0 Å². The van der Waals surface area contributed by atoms with Gasteiger partial charge in [0.2, 0.25) is 0 Å². The Balaban J connectivity index is 2.51. The van der Waals surface area contributed by atoms with Crippen LogP contribution in [0.3, 0.4) is 0 Å². The molecule has 0 aliphatic heterocycles. The first-order valence-electron chi connectivity index (χ1n) is 11.1. The van der Waals surface area contributed by atoms with Gasteiger partial charge in [-0.05, 0) is 90.2 Å². The van der Waals surface area contributed by atoms with Crippen LogP contribution in [0.2, 0.25) is 0 Å². The second-order valence-corrected chi connectivity index (χ2v) is 9.34. The van der Waals surface area contributed by atoms with Crippen LogP contribution in [0.5, 0.6) is 11.5 Å². The Bertz CT molecular complexity index is 897. The highest BCUT2D eigenvalue weighted by atomic mass is 16.3.